The van der Waals surface area contributed by atoms with Gasteiger partial charge in [-0.05, 0) is 0 Å². The van der Waals surface area contributed by atoms with Crippen LogP contribution in [0.4, 0.5) is 4.79 Å². The number of rotatable bonds is 4. The molecule has 0 N–H and O–H groups in total. The van der Waals surface area contributed by atoms with Crippen LogP contribution in [0.2, 0.25) is 0 Å². The number of carboxylic acid groups (broad SMARTS) is 1. The van der Waals surface area contributed by atoms with Crippen molar-refractivity contribution in [2.24, 2.45) is 0 Å². The minimum atomic E-state index is -1.10. The van der Waals surface area contributed by atoms with Gasteiger partial charge in [-0.2, -0.15) is 5.26 Å². The fraction of sp³-hybridized carbons (Fsp3) is 0.778. The highest BCUT2D eigenvalue weighted by Gasteiger charge is 2.15. The third kappa shape index (κ3) is 4.14. The minimum Gasteiger partial charge on any atom is -0.530 e. The van der Waals surface area contributed by atoms with Crippen molar-refractivity contribution < 1.29 is 14.6 Å². The third-order valence-electron chi connectivity index (χ3n) is 2.35. The maximum absolute atomic E-state index is 10.5. The molecule has 1 amide bonds. The standard InChI is InChI=1S/C9H15N3O3/c10-1-7-15-8-6-11-2-4-12(5-3-11)9(13)14/h2-8H2,(H,13,14)/p-1. The van der Waals surface area contributed by atoms with Gasteiger partial charge < -0.3 is 19.5 Å². The smallest absolute Gasteiger partial charge is 0.137 e. The fourth-order valence-corrected chi connectivity index (χ4v) is 1.47. The monoisotopic (exact) mass is 212 g/mol. The molecule has 0 atom stereocenters. The molecular weight excluding hydrogens is 198 g/mol. The van der Waals surface area contributed by atoms with Crippen LogP contribution in [0, 0.1) is 11.3 Å². The molecule has 84 valence electrons. The van der Waals surface area contributed by atoms with Crippen molar-refractivity contribution in [1.82, 2.24) is 9.80 Å². The van der Waals surface area contributed by atoms with Crippen LogP contribution in [0.15, 0.2) is 0 Å². The second-order valence-corrected chi connectivity index (χ2v) is 3.31. The van der Waals surface area contributed by atoms with Crippen LogP contribution in [0.25, 0.3) is 0 Å². The van der Waals surface area contributed by atoms with Gasteiger partial charge in [0.15, 0.2) is 0 Å². The Morgan fingerprint density at radius 3 is 2.60 bits per heavy atom. The quantitative estimate of drug-likeness (QED) is 0.529. The molecular formula is C9H14N3O3-. The van der Waals surface area contributed by atoms with E-state index >= 15 is 0 Å². The molecule has 0 aromatic rings. The summed E-state index contributed by atoms with van der Waals surface area (Å²) >= 11 is 0. The zero-order valence-electron chi connectivity index (χ0n) is 8.52. The van der Waals surface area contributed by atoms with Gasteiger partial charge in [-0.1, -0.05) is 0 Å². The van der Waals surface area contributed by atoms with Crippen molar-refractivity contribution in [2.45, 2.75) is 0 Å². The van der Waals surface area contributed by atoms with Crippen molar-refractivity contribution >= 4 is 6.09 Å². The summed E-state index contributed by atoms with van der Waals surface area (Å²) in [6, 6.07) is 1.89. The lowest BCUT2D eigenvalue weighted by molar-refractivity contribution is -0.266. The van der Waals surface area contributed by atoms with Crippen molar-refractivity contribution in [3.8, 4) is 6.07 Å². The summed E-state index contributed by atoms with van der Waals surface area (Å²) in [6.07, 6.45) is -1.10. The molecule has 6 nitrogen and oxygen atoms in total. The lowest BCUT2D eigenvalue weighted by atomic mass is 10.3. The van der Waals surface area contributed by atoms with E-state index in [0.717, 1.165) is 6.54 Å². The first-order valence-corrected chi connectivity index (χ1v) is 4.87. The number of carbonyl (C=O) groups is 1. The van der Waals surface area contributed by atoms with Crippen LogP contribution in [0.1, 0.15) is 0 Å². The van der Waals surface area contributed by atoms with Crippen LogP contribution in [0.3, 0.4) is 0 Å². The summed E-state index contributed by atoms with van der Waals surface area (Å²) in [4.78, 5) is 13.9. The van der Waals surface area contributed by atoms with E-state index in [-0.39, 0.29) is 6.61 Å². The van der Waals surface area contributed by atoms with Crippen LogP contribution in [-0.4, -0.2) is 61.8 Å². The summed E-state index contributed by atoms with van der Waals surface area (Å²) in [6.45, 7) is 3.73. The highest BCUT2D eigenvalue weighted by Crippen LogP contribution is 2.00. The number of nitrogens with zero attached hydrogens (tertiary/aromatic N) is 3. The number of piperazine rings is 1. The zero-order valence-corrected chi connectivity index (χ0v) is 8.52. The summed E-state index contributed by atoms with van der Waals surface area (Å²) < 4.78 is 5.01. The molecule has 1 aliphatic rings. The molecule has 0 unspecified atom stereocenters. The second kappa shape index (κ2) is 6.22. The van der Waals surface area contributed by atoms with Gasteiger partial charge in [0.1, 0.15) is 12.7 Å². The molecule has 0 aliphatic carbocycles. The maximum atomic E-state index is 10.5. The van der Waals surface area contributed by atoms with Crippen LogP contribution >= 0.6 is 0 Å². The molecule has 0 aromatic heterocycles. The normalized spacial score (nSPS) is 17.4. The van der Waals surface area contributed by atoms with Gasteiger partial charge in [-0.25, -0.2) is 0 Å². The van der Waals surface area contributed by atoms with Gasteiger partial charge in [0, 0.05) is 32.7 Å². The second-order valence-electron chi connectivity index (χ2n) is 3.31. The molecule has 1 aliphatic heterocycles. The molecule has 0 saturated carbocycles. The predicted octanol–water partition coefficient (Wildman–Crippen LogP) is -1.51. The van der Waals surface area contributed by atoms with E-state index in [4.69, 9.17) is 10.00 Å². The maximum Gasteiger partial charge on any atom is 0.137 e. The zero-order chi connectivity index (χ0) is 11.1. The average Bonchev–Trinajstić information content (AvgIpc) is 2.25. The average molecular weight is 212 g/mol. The summed E-state index contributed by atoms with van der Waals surface area (Å²) in [7, 11) is 0. The van der Waals surface area contributed by atoms with Gasteiger partial charge >= 0.3 is 0 Å². The minimum absolute atomic E-state index is 0.110. The van der Waals surface area contributed by atoms with Gasteiger partial charge in [0.2, 0.25) is 0 Å². The first kappa shape index (κ1) is 11.8. The highest BCUT2D eigenvalue weighted by molar-refractivity contribution is 5.62. The molecule has 15 heavy (non-hydrogen) atoms. The van der Waals surface area contributed by atoms with E-state index < -0.39 is 6.09 Å². The molecule has 1 saturated heterocycles. The molecule has 0 radical (unpaired) electrons. The van der Waals surface area contributed by atoms with Gasteiger partial charge in [-0.15, -0.1) is 0 Å². The first-order chi connectivity index (χ1) is 7.24. The van der Waals surface area contributed by atoms with E-state index in [9.17, 15) is 9.90 Å². The van der Waals surface area contributed by atoms with Gasteiger partial charge in [0.05, 0.1) is 12.7 Å². The topological polar surface area (TPSA) is 79.6 Å². The van der Waals surface area contributed by atoms with Gasteiger partial charge in [-0.3, -0.25) is 4.90 Å². The molecule has 6 heteroatoms. The molecule has 1 heterocycles. The largest absolute Gasteiger partial charge is 0.530 e. The summed E-state index contributed by atoms with van der Waals surface area (Å²) in [5, 5.41) is 18.7. The SMILES string of the molecule is N#CCOCCN1CCN(C(=O)[O-])CC1. The highest BCUT2D eigenvalue weighted by atomic mass is 16.5. The van der Waals surface area contributed by atoms with Crippen LogP contribution < -0.4 is 5.11 Å². The lowest BCUT2D eigenvalue weighted by Crippen LogP contribution is -2.53. The number of amides is 1. The Kier molecular flexibility index (Phi) is 4.87. The van der Waals surface area contributed by atoms with Crippen LogP contribution in [0.5, 0.6) is 0 Å². The van der Waals surface area contributed by atoms with E-state index in [2.05, 4.69) is 4.90 Å². The number of carbonyl (C=O) groups excluding carboxylic acids is 1. The molecule has 1 fully saturated rings. The molecule has 0 spiro atoms. The lowest BCUT2D eigenvalue weighted by Gasteiger charge is -2.35. The Morgan fingerprint density at radius 1 is 1.40 bits per heavy atom. The predicted molar refractivity (Wildman–Crippen MR) is 49.8 cm³/mol. The Labute approximate surface area is 88.6 Å². The number of ether oxygens (including phenoxy) is 1. The van der Waals surface area contributed by atoms with E-state index in [1.165, 1.54) is 4.90 Å². The fourth-order valence-electron chi connectivity index (χ4n) is 1.47. The van der Waals surface area contributed by atoms with Crippen molar-refractivity contribution in [3.63, 3.8) is 0 Å². The number of hydrogen-bond donors (Lipinski definition) is 0. The Bertz CT molecular complexity index is 243. The Morgan fingerprint density at radius 2 is 2.07 bits per heavy atom. The van der Waals surface area contributed by atoms with E-state index in [1.54, 1.807) is 0 Å². The number of hydrogen-bond acceptors (Lipinski definition) is 5. The summed E-state index contributed by atoms with van der Waals surface area (Å²) in [5.41, 5.74) is 0. The third-order valence-corrected chi connectivity index (χ3v) is 2.35. The first-order valence-electron chi connectivity index (χ1n) is 4.87. The van der Waals surface area contributed by atoms with Crippen LogP contribution in [-0.2, 0) is 4.74 Å². The number of nitriles is 1. The Balaban J connectivity index is 2.10. The van der Waals surface area contributed by atoms with Gasteiger partial charge in [0.25, 0.3) is 0 Å². The molecule has 0 aromatic carbocycles. The molecule has 0 bridgehead atoms. The van der Waals surface area contributed by atoms with E-state index in [1.807, 2.05) is 6.07 Å². The molecule has 1 rings (SSSR count). The van der Waals surface area contributed by atoms with Crippen molar-refractivity contribution in [2.75, 3.05) is 45.9 Å². The summed E-state index contributed by atoms with van der Waals surface area (Å²) in [5.74, 6) is 0. The van der Waals surface area contributed by atoms with Crippen molar-refractivity contribution in [3.05, 3.63) is 0 Å². The van der Waals surface area contributed by atoms with E-state index in [0.29, 0.717) is 32.8 Å². The van der Waals surface area contributed by atoms with Crippen molar-refractivity contribution in [1.29, 1.82) is 5.26 Å². The Hall–Kier alpha value is -1.32.